The standard InChI is InChI=1S/C34H20N2O2/c1-2-8-21(9-3-1)22-16-17-30-28(19-22)32-34(38-30)31(35-20-36-32)24-11-6-10-23(18-24)25-13-7-14-27-26-12-4-5-15-29(26)37-33(25)27/h1-20H. The van der Waals surface area contributed by atoms with Crippen LogP contribution in [0.25, 0.3) is 77.5 Å². The molecule has 4 nitrogen and oxygen atoms in total. The number of hydrogen-bond donors (Lipinski definition) is 0. The molecule has 0 atom stereocenters. The third-order valence-electron chi connectivity index (χ3n) is 7.21. The summed E-state index contributed by atoms with van der Waals surface area (Å²) >= 11 is 0. The highest BCUT2D eigenvalue weighted by molar-refractivity contribution is 6.10. The van der Waals surface area contributed by atoms with Crippen molar-refractivity contribution in [1.82, 2.24) is 9.97 Å². The second kappa shape index (κ2) is 8.15. The summed E-state index contributed by atoms with van der Waals surface area (Å²) in [5.74, 6) is 0. The van der Waals surface area contributed by atoms with Gasteiger partial charge in [-0.05, 0) is 41.0 Å². The number of para-hydroxylation sites is 2. The third-order valence-corrected chi connectivity index (χ3v) is 7.21. The van der Waals surface area contributed by atoms with Crippen LogP contribution in [0, 0.1) is 0 Å². The molecule has 0 bridgehead atoms. The smallest absolute Gasteiger partial charge is 0.180 e. The Hall–Kier alpha value is -5.22. The second-order valence-electron chi connectivity index (χ2n) is 9.44. The Kier molecular flexibility index (Phi) is 4.49. The van der Waals surface area contributed by atoms with E-state index in [1.807, 2.05) is 42.5 Å². The van der Waals surface area contributed by atoms with Crippen molar-refractivity contribution in [3.63, 3.8) is 0 Å². The van der Waals surface area contributed by atoms with E-state index in [2.05, 4.69) is 82.8 Å². The van der Waals surface area contributed by atoms with Gasteiger partial charge in [0.05, 0.1) is 0 Å². The maximum Gasteiger partial charge on any atom is 0.180 e. The van der Waals surface area contributed by atoms with Crippen LogP contribution in [-0.4, -0.2) is 9.97 Å². The molecule has 178 valence electrons. The first-order valence-corrected chi connectivity index (χ1v) is 12.6. The van der Waals surface area contributed by atoms with Gasteiger partial charge in [-0.1, -0.05) is 91.0 Å². The summed E-state index contributed by atoms with van der Waals surface area (Å²) in [6, 6.07) is 39.4. The monoisotopic (exact) mass is 488 g/mol. The number of hydrogen-bond acceptors (Lipinski definition) is 4. The maximum atomic E-state index is 6.34. The van der Waals surface area contributed by atoms with Gasteiger partial charge in [-0.2, -0.15) is 0 Å². The summed E-state index contributed by atoms with van der Waals surface area (Å²) in [5, 5.41) is 3.21. The predicted octanol–water partition coefficient (Wildman–Crippen LogP) is 9.28. The normalized spacial score (nSPS) is 11.7. The molecule has 3 heterocycles. The van der Waals surface area contributed by atoms with E-state index in [1.54, 1.807) is 6.33 Å². The van der Waals surface area contributed by atoms with E-state index < -0.39 is 0 Å². The van der Waals surface area contributed by atoms with E-state index >= 15 is 0 Å². The van der Waals surface area contributed by atoms with Crippen LogP contribution in [0.4, 0.5) is 0 Å². The van der Waals surface area contributed by atoms with Crippen molar-refractivity contribution < 1.29 is 8.83 Å². The maximum absolute atomic E-state index is 6.34. The Morgan fingerprint density at radius 3 is 2.13 bits per heavy atom. The lowest BCUT2D eigenvalue weighted by Crippen LogP contribution is -1.88. The molecular weight excluding hydrogens is 468 g/mol. The van der Waals surface area contributed by atoms with Gasteiger partial charge in [-0.3, -0.25) is 0 Å². The summed E-state index contributed by atoms with van der Waals surface area (Å²) in [6.45, 7) is 0. The first kappa shape index (κ1) is 20.9. The molecule has 0 aliphatic carbocycles. The summed E-state index contributed by atoms with van der Waals surface area (Å²) < 4.78 is 12.6. The van der Waals surface area contributed by atoms with Crippen LogP contribution in [-0.2, 0) is 0 Å². The Morgan fingerprint density at radius 1 is 0.447 bits per heavy atom. The third kappa shape index (κ3) is 3.17. The Bertz CT molecular complexity index is 2140. The highest BCUT2D eigenvalue weighted by atomic mass is 16.3. The molecule has 38 heavy (non-hydrogen) atoms. The van der Waals surface area contributed by atoms with Gasteiger partial charge in [0.2, 0.25) is 0 Å². The summed E-state index contributed by atoms with van der Waals surface area (Å²) in [6.07, 6.45) is 1.62. The summed E-state index contributed by atoms with van der Waals surface area (Å²) in [7, 11) is 0. The fourth-order valence-electron chi connectivity index (χ4n) is 5.40. The zero-order chi connectivity index (χ0) is 25.1. The summed E-state index contributed by atoms with van der Waals surface area (Å²) in [5.41, 5.74) is 10.2. The van der Waals surface area contributed by atoms with Gasteiger partial charge >= 0.3 is 0 Å². The highest BCUT2D eigenvalue weighted by Crippen LogP contribution is 2.39. The number of rotatable bonds is 3. The van der Waals surface area contributed by atoms with Crippen LogP contribution < -0.4 is 0 Å². The van der Waals surface area contributed by atoms with Crippen molar-refractivity contribution in [3.05, 3.63) is 122 Å². The van der Waals surface area contributed by atoms with E-state index in [4.69, 9.17) is 8.83 Å². The van der Waals surface area contributed by atoms with Crippen LogP contribution in [0.2, 0.25) is 0 Å². The molecule has 8 rings (SSSR count). The van der Waals surface area contributed by atoms with E-state index in [-0.39, 0.29) is 0 Å². The van der Waals surface area contributed by atoms with E-state index in [9.17, 15) is 0 Å². The number of fused-ring (bicyclic) bond motifs is 6. The Labute approximate surface area is 217 Å². The van der Waals surface area contributed by atoms with Gasteiger partial charge in [-0.25, -0.2) is 9.97 Å². The average Bonchev–Trinajstić information content (AvgIpc) is 3.56. The van der Waals surface area contributed by atoms with Crippen LogP contribution in [0.5, 0.6) is 0 Å². The van der Waals surface area contributed by atoms with Crippen molar-refractivity contribution in [2.24, 2.45) is 0 Å². The van der Waals surface area contributed by atoms with E-state index in [0.29, 0.717) is 5.58 Å². The number of nitrogens with zero attached hydrogens (tertiary/aromatic N) is 2. The molecule has 5 aromatic carbocycles. The van der Waals surface area contributed by atoms with E-state index in [0.717, 1.165) is 71.9 Å². The quantitative estimate of drug-likeness (QED) is 0.249. The first-order chi connectivity index (χ1) is 18.8. The summed E-state index contributed by atoms with van der Waals surface area (Å²) in [4.78, 5) is 9.27. The molecule has 4 heteroatoms. The largest absolute Gasteiger partial charge is 0.455 e. The lowest BCUT2D eigenvalue weighted by molar-refractivity contribution is 0.667. The lowest BCUT2D eigenvalue weighted by Gasteiger charge is -2.06. The molecule has 0 saturated heterocycles. The minimum absolute atomic E-state index is 0.687. The minimum Gasteiger partial charge on any atom is -0.455 e. The molecule has 3 aromatic heterocycles. The fraction of sp³-hybridized carbons (Fsp3) is 0. The zero-order valence-corrected chi connectivity index (χ0v) is 20.3. The van der Waals surface area contributed by atoms with Crippen LogP contribution >= 0.6 is 0 Å². The number of furan rings is 2. The molecule has 0 unspecified atom stereocenters. The van der Waals surface area contributed by atoms with Gasteiger partial charge in [0, 0.05) is 27.3 Å². The van der Waals surface area contributed by atoms with Crippen molar-refractivity contribution in [1.29, 1.82) is 0 Å². The first-order valence-electron chi connectivity index (χ1n) is 12.6. The average molecular weight is 489 g/mol. The fourth-order valence-corrected chi connectivity index (χ4v) is 5.40. The Balaban J connectivity index is 1.29. The molecule has 0 radical (unpaired) electrons. The molecule has 0 aliphatic rings. The molecule has 8 aromatic rings. The van der Waals surface area contributed by atoms with Crippen LogP contribution in [0.1, 0.15) is 0 Å². The SMILES string of the molecule is c1ccc(-c2ccc3oc4c(-c5cccc(-c6cccc7c6oc6ccccc67)c5)ncnc4c3c2)cc1. The second-order valence-corrected chi connectivity index (χ2v) is 9.44. The van der Waals surface area contributed by atoms with Crippen LogP contribution in [0.15, 0.2) is 130 Å². The van der Waals surface area contributed by atoms with Gasteiger partial charge < -0.3 is 8.83 Å². The Morgan fingerprint density at radius 2 is 1.18 bits per heavy atom. The molecular formula is C34H20N2O2. The van der Waals surface area contributed by atoms with Crippen molar-refractivity contribution in [2.45, 2.75) is 0 Å². The lowest BCUT2D eigenvalue weighted by atomic mass is 9.99. The molecule has 0 amide bonds. The van der Waals surface area contributed by atoms with E-state index in [1.165, 1.54) is 0 Å². The number of aromatic nitrogens is 2. The van der Waals surface area contributed by atoms with Crippen LogP contribution in [0.3, 0.4) is 0 Å². The topological polar surface area (TPSA) is 52.1 Å². The minimum atomic E-state index is 0.687. The molecule has 0 fully saturated rings. The van der Waals surface area contributed by atoms with Gasteiger partial charge in [-0.15, -0.1) is 0 Å². The van der Waals surface area contributed by atoms with Crippen molar-refractivity contribution >= 4 is 44.0 Å². The van der Waals surface area contributed by atoms with Crippen molar-refractivity contribution in [3.8, 4) is 33.5 Å². The highest BCUT2D eigenvalue weighted by Gasteiger charge is 2.17. The van der Waals surface area contributed by atoms with Gasteiger partial charge in [0.15, 0.2) is 5.58 Å². The molecule has 0 aliphatic heterocycles. The molecule has 0 spiro atoms. The number of benzene rings is 5. The molecule has 0 saturated carbocycles. The van der Waals surface area contributed by atoms with Gasteiger partial charge in [0.1, 0.15) is 34.3 Å². The van der Waals surface area contributed by atoms with Gasteiger partial charge in [0.25, 0.3) is 0 Å². The van der Waals surface area contributed by atoms with Crippen molar-refractivity contribution in [2.75, 3.05) is 0 Å². The zero-order valence-electron chi connectivity index (χ0n) is 20.3. The predicted molar refractivity (Wildman–Crippen MR) is 153 cm³/mol. The molecule has 0 N–H and O–H groups in total.